The highest BCUT2D eigenvalue weighted by Crippen LogP contribution is 2.25. The van der Waals surface area contributed by atoms with E-state index < -0.39 is 0 Å². The largest absolute Gasteiger partial charge is 0.490 e. The number of carbonyl (C=O) groups excluding carboxylic acids is 1. The number of rotatable bonds is 6. The van der Waals surface area contributed by atoms with E-state index >= 15 is 0 Å². The Bertz CT molecular complexity index is 777. The molecule has 5 heteroatoms. The number of hydrogen-bond acceptors (Lipinski definition) is 4. The Morgan fingerprint density at radius 3 is 2.76 bits per heavy atom. The molecular weight excluding hydrogens is 316 g/mol. The van der Waals surface area contributed by atoms with Crippen molar-refractivity contribution >= 4 is 11.6 Å². The molecule has 2 aromatic rings. The van der Waals surface area contributed by atoms with Crippen LogP contribution in [0.15, 0.2) is 48.5 Å². The molecule has 0 unspecified atom stereocenters. The highest BCUT2D eigenvalue weighted by molar-refractivity contribution is 5.92. The molecule has 0 aliphatic heterocycles. The van der Waals surface area contributed by atoms with Gasteiger partial charge in [0.1, 0.15) is 17.6 Å². The molecule has 1 amide bonds. The SMILES string of the molecule is N#Cc1ccccc1OCC(=O)Nc1cccc(OC2CCCC2)c1. The minimum atomic E-state index is -0.286. The minimum absolute atomic E-state index is 0.160. The third-order valence-electron chi connectivity index (χ3n) is 4.09. The van der Waals surface area contributed by atoms with Gasteiger partial charge in [-0.2, -0.15) is 5.26 Å². The monoisotopic (exact) mass is 336 g/mol. The summed E-state index contributed by atoms with van der Waals surface area (Å²) in [6, 6.07) is 16.2. The second kappa shape index (κ2) is 8.20. The van der Waals surface area contributed by atoms with Crippen LogP contribution in [0.25, 0.3) is 0 Å². The summed E-state index contributed by atoms with van der Waals surface area (Å²) < 4.78 is 11.4. The number of ether oxygens (including phenoxy) is 2. The first-order chi connectivity index (χ1) is 12.2. The average Bonchev–Trinajstić information content (AvgIpc) is 3.13. The zero-order valence-electron chi connectivity index (χ0n) is 13.9. The fourth-order valence-electron chi connectivity index (χ4n) is 2.87. The van der Waals surface area contributed by atoms with Crippen molar-refractivity contribution in [3.05, 3.63) is 54.1 Å². The van der Waals surface area contributed by atoms with E-state index in [1.807, 2.05) is 30.3 Å². The summed E-state index contributed by atoms with van der Waals surface area (Å²) in [6.07, 6.45) is 4.87. The molecule has 1 saturated carbocycles. The molecule has 0 spiro atoms. The van der Waals surface area contributed by atoms with E-state index in [0.717, 1.165) is 18.6 Å². The molecule has 1 N–H and O–H groups in total. The summed E-state index contributed by atoms with van der Waals surface area (Å²) in [4.78, 5) is 12.1. The van der Waals surface area contributed by atoms with Crippen LogP contribution in [0.1, 0.15) is 31.2 Å². The number of benzene rings is 2. The first-order valence-corrected chi connectivity index (χ1v) is 8.43. The fraction of sp³-hybridized carbons (Fsp3) is 0.300. The van der Waals surface area contributed by atoms with Crippen LogP contribution in [0.3, 0.4) is 0 Å². The van der Waals surface area contributed by atoms with Gasteiger partial charge in [0, 0.05) is 11.8 Å². The number of amides is 1. The highest BCUT2D eigenvalue weighted by Gasteiger charge is 2.16. The molecule has 0 saturated heterocycles. The van der Waals surface area contributed by atoms with Crippen LogP contribution in [0.4, 0.5) is 5.69 Å². The predicted molar refractivity (Wildman–Crippen MR) is 94.6 cm³/mol. The summed E-state index contributed by atoms with van der Waals surface area (Å²) >= 11 is 0. The number of nitrogens with zero attached hydrogens (tertiary/aromatic N) is 1. The Labute approximate surface area is 147 Å². The number of nitriles is 1. The molecule has 3 rings (SSSR count). The van der Waals surface area contributed by atoms with Crippen molar-refractivity contribution in [1.29, 1.82) is 5.26 Å². The molecule has 0 bridgehead atoms. The Morgan fingerprint density at radius 2 is 1.96 bits per heavy atom. The Balaban J connectivity index is 1.55. The van der Waals surface area contributed by atoms with Gasteiger partial charge in [0.05, 0.1) is 11.7 Å². The minimum Gasteiger partial charge on any atom is -0.490 e. The summed E-state index contributed by atoms with van der Waals surface area (Å²) in [5.74, 6) is 0.879. The van der Waals surface area contributed by atoms with Gasteiger partial charge in [0.2, 0.25) is 0 Å². The molecule has 0 radical (unpaired) electrons. The third-order valence-corrected chi connectivity index (χ3v) is 4.09. The van der Waals surface area contributed by atoms with Crippen LogP contribution in [-0.4, -0.2) is 18.6 Å². The van der Waals surface area contributed by atoms with Crippen molar-refractivity contribution in [3.63, 3.8) is 0 Å². The van der Waals surface area contributed by atoms with E-state index in [1.54, 1.807) is 24.3 Å². The predicted octanol–water partition coefficient (Wildman–Crippen LogP) is 3.90. The lowest BCUT2D eigenvalue weighted by Crippen LogP contribution is -2.20. The van der Waals surface area contributed by atoms with Gasteiger partial charge in [-0.3, -0.25) is 4.79 Å². The van der Waals surface area contributed by atoms with Gasteiger partial charge >= 0.3 is 0 Å². The van der Waals surface area contributed by atoms with E-state index in [-0.39, 0.29) is 18.6 Å². The zero-order chi connectivity index (χ0) is 17.5. The molecule has 0 atom stereocenters. The van der Waals surface area contributed by atoms with Gasteiger partial charge in [-0.1, -0.05) is 18.2 Å². The number of nitrogens with one attached hydrogen (secondary N) is 1. The van der Waals surface area contributed by atoms with Gasteiger partial charge in [0.25, 0.3) is 5.91 Å². The molecule has 0 aromatic heterocycles. The molecular formula is C20H20N2O3. The van der Waals surface area contributed by atoms with Crippen molar-refractivity contribution in [1.82, 2.24) is 0 Å². The lowest BCUT2D eigenvalue weighted by Gasteiger charge is -2.14. The van der Waals surface area contributed by atoms with Crippen molar-refractivity contribution in [2.45, 2.75) is 31.8 Å². The first kappa shape index (κ1) is 16.8. The van der Waals surface area contributed by atoms with Crippen molar-refractivity contribution in [3.8, 4) is 17.6 Å². The molecule has 128 valence electrons. The summed E-state index contributed by atoms with van der Waals surface area (Å²) in [6.45, 7) is -0.160. The second-order valence-electron chi connectivity index (χ2n) is 6.00. The normalized spacial score (nSPS) is 13.9. The summed E-state index contributed by atoms with van der Waals surface area (Å²) in [7, 11) is 0. The van der Waals surface area contributed by atoms with Crippen molar-refractivity contribution in [2.75, 3.05) is 11.9 Å². The second-order valence-corrected chi connectivity index (χ2v) is 6.00. The molecule has 1 aliphatic carbocycles. The van der Waals surface area contributed by atoms with Crippen molar-refractivity contribution in [2.24, 2.45) is 0 Å². The standard InChI is InChI=1S/C20H20N2O3/c21-13-15-6-1-4-11-19(15)24-14-20(23)22-16-7-5-10-18(12-16)25-17-8-2-3-9-17/h1,4-7,10-12,17H,2-3,8-9,14H2,(H,22,23). The van der Waals surface area contributed by atoms with Gasteiger partial charge in [-0.25, -0.2) is 0 Å². The van der Waals surface area contributed by atoms with E-state index in [1.165, 1.54) is 12.8 Å². The Morgan fingerprint density at radius 1 is 1.16 bits per heavy atom. The quantitative estimate of drug-likeness (QED) is 0.868. The smallest absolute Gasteiger partial charge is 0.262 e. The summed E-state index contributed by atoms with van der Waals surface area (Å²) in [5.41, 5.74) is 1.07. The first-order valence-electron chi connectivity index (χ1n) is 8.43. The van der Waals surface area contributed by atoms with Crippen molar-refractivity contribution < 1.29 is 14.3 Å². The van der Waals surface area contributed by atoms with Crippen LogP contribution >= 0.6 is 0 Å². The average molecular weight is 336 g/mol. The molecule has 1 aliphatic rings. The molecule has 25 heavy (non-hydrogen) atoms. The van der Waals surface area contributed by atoms with Crippen LogP contribution < -0.4 is 14.8 Å². The zero-order valence-corrected chi connectivity index (χ0v) is 13.9. The Hall–Kier alpha value is -3.00. The summed E-state index contributed by atoms with van der Waals surface area (Å²) in [5, 5.41) is 11.8. The van der Waals surface area contributed by atoms with Gasteiger partial charge in [-0.05, 0) is 49.9 Å². The van der Waals surface area contributed by atoms with Crippen LogP contribution in [0.2, 0.25) is 0 Å². The van der Waals surface area contributed by atoms with Crippen LogP contribution in [0.5, 0.6) is 11.5 Å². The van der Waals surface area contributed by atoms with Gasteiger partial charge in [-0.15, -0.1) is 0 Å². The fourth-order valence-corrected chi connectivity index (χ4v) is 2.87. The van der Waals surface area contributed by atoms with Gasteiger partial charge < -0.3 is 14.8 Å². The molecule has 1 fully saturated rings. The third kappa shape index (κ3) is 4.74. The topological polar surface area (TPSA) is 71.3 Å². The van der Waals surface area contributed by atoms with Crippen LogP contribution in [-0.2, 0) is 4.79 Å². The number of carbonyl (C=O) groups is 1. The highest BCUT2D eigenvalue weighted by atomic mass is 16.5. The van der Waals surface area contributed by atoms with Crippen LogP contribution in [0, 0.1) is 11.3 Å². The Kier molecular flexibility index (Phi) is 5.53. The lowest BCUT2D eigenvalue weighted by atomic mass is 10.2. The van der Waals surface area contributed by atoms with E-state index in [0.29, 0.717) is 17.0 Å². The lowest BCUT2D eigenvalue weighted by molar-refractivity contribution is -0.118. The molecule has 2 aromatic carbocycles. The number of para-hydroxylation sites is 1. The molecule has 0 heterocycles. The van der Waals surface area contributed by atoms with E-state index in [2.05, 4.69) is 5.32 Å². The maximum absolute atomic E-state index is 12.1. The maximum Gasteiger partial charge on any atom is 0.262 e. The van der Waals surface area contributed by atoms with E-state index in [4.69, 9.17) is 14.7 Å². The maximum atomic E-state index is 12.1. The van der Waals surface area contributed by atoms with Gasteiger partial charge in [0.15, 0.2) is 6.61 Å². The number of hydrogen-bond donors (Lipinski definition) is 1. The number of anilines is 1. The molecule has 5 nitrogen and oxygen atoms in total. The van der Waals surface area contributed by atoms with E-state index in [9.17, 15) is 4.79 Å².